The fourth-order valence-electron chi connectivity index (χ4n) is 5.44. The summed E-state index contributed by atoms with van der Waals surface area (Å²) in [6.45, 7) is 3.58. The zero-order chi connectivity index (χ0) is 31.0. The van der Waals surface area contributed by atoms with E-state index in [9.17, 15) is 40.3 Å². The smallest absolute Gasteiger partial charge is 0.333 e. The third-order valence-corrected chi connectivity index (χ3v) is 8.04. The molecule has 2 N–H and O–H groups in total. The number of carbonyl (C=O) groups is 2. The Bertz CT molecular complexity index is 1270. The molecule has 0 unspecified atom stereocenters. The van der Waals surface area contributed by atoms with Crippen LogP contribution in [0.5, 0.6) is 0 Å². The second-order valence-corrected chi connectivity index (χ2v) is 11.1. The maximum absolute atomic E-state index is 13.7. The fourth-order valence-corrected chi connectivity index (χ4v) is 5.44. The number of nitrogens with one attached hydrogen (secondary N) is 2. The van der Waals surface area contributed by atoms with Gasteiger partial charge in [0.1, 0.15) is 5.82 Å². The molecule has 2 fully saturated rings. The van der Waals surface area contributed by atoms with Crippen LogP contribution < -0.4 is 15.5 Å². The highest BCUT2D eigenvalue weighted by Crippen LogP contribution is 2.39. The lowest BCUT2D eigenvalue weighted by Gasteiger charge is -2.36. The van der Waals surface area contributed by atoms with Crippen molar-refractivity contribution in [1.82, 2.24) is 20.4 Å². The predicted molar refractivity (Wildman–Crippen MR) is 149 cm³/mol. The molecule has 43 heavy (non-hydrogen) atoms. The summed E-state index contributed by atoms with van der Waals surface area (Å²) in [4.78, 5) is 30.3. The first-order chi connectivity index (χ1) is 19.5. The zero-order valence-electron chi connectivity index (χ0n) is 23.7. The number of carbonyl (C=O) groups excluding carboxylic acids is 2. The molecule has 2 aromatic carbocycles. The molecule has 0 radical (unpaired) electrons. The van der Waals surface area contributed by atoms with E-state index in [-0.39, 0.29) is 37.6 Å². The number of anilines is 1. The number of likely N-dealkylation sites (tertiary alicyclic amines) is 1. The number of piperidine rings is 1. The molecule has 2 aromatic rings. The van der Waals surface area contributed by atoms with E-state index in [1.54, 1.807) is 0 Å². The second-order valence-electron chi connectivity index (χ2n) is 11.1. The molecule has 238 valence electrons. The Labute approximate surface area is 250 Å². The van der Waals surface area contributed by atoms with E-state index in [1.165, 1.54) is 41.1 Å². The zero-order valence-corrected chi connectivity index (χ0v) is 24.5. The van der Waals surface area contributed by atoms with E-state index in [0.29, 0.717) is 35.4 Å². The third kappa shape index (κ3) is 7.83. The molecule has 0 saturated carbocycles. The molecule has 2 heterocycles. The number of nitrogens with zero attached hydrogens (tertiary/aromatic N) is 3. The number of hydrogen-bond donors (Lipinski definition) is 2. The molecule has 15 heteroatoms. The molecule has 4 rings (SSSR count). The van der Waals surface area contributed by atoms with Gasteiger partial charge in [0.15, 0.2) is 0 Å². The van der Waals surface area contributed by atoms with Crippen LogP contribution >= 0.6 is 12.4 Å². The summed E-state index contributed by atoms with van der Waals surface area (Å²) in [5.41, 5.74) is -3.53. The van der Waals surface area contributed by atoms with Crippen LogP contribution in [-0.2, 0) is 12.4 Å². The van der Waals surface area contributed by atoms with Gasteiger partial charge in [-0.1, -0.05) is 12.1 Å². The summed E-state index contributed by atoms with van der Waals surface area (Å²) in [6, 6.07) is 4.50. The number of likely N-dealkylation sites (N-methyl/N-ethyl adjacent to an activating group) is 1. The van der Waals surface area contributed by atoms with Crippen LogP contribution in [0, 0.1) is 5.82 Å². The van der Waals surface area contributed by atoms with Crippen LogP contribution in [-0.4, -0.2) is 73.7 Å². The number of halogens is 8. The number of hydrogen-bond acceptors (Lipinski definition) is 3. The van der Waals surface area contributed by atoms with Crippen LogP contribution in [0.4, 0.5) is 46.0 Å². The first kappa shape index (κ1) is 34.2. The molecule has 7 nitrogen and oxygen atoms in total. The quantitative estimate of drug-likeness (QED) is 0.398. The highest BCUT2D eigenvalue weighted by Gasteiger charge is 2.43. The van der Waals surface area contributed by atoms with Crippen molar-refractivity contribution in [2.24, 2.45) is 0 Å². The molecule has 4 amide bonds. The Morgan fingerprint density at radius 1 is 0.930 bits per heavy atom. The van der Waals surface area contributed by atoms with Gasteiger partial charge >= 0.3 is 24.4 Å². The fraction of sp³-hybridized carbons (Fsp3) is 0.500. The van der Waals surface area contributed by atoms with Crippen LogP contribution in [0.1, 0.15) is 42.4 Å². The monoisotopic (exact) mass is 639 g/mol. The summed E-state index contributed by atoms with van der Waals surface area (Å²) >= 11 is 0. The molecule has 0 spiro atoms. The van der Waals surface area contributed by atoms with E-state index < -0.39 is 58.5 Å². The topological polar surface area (TPSA) is 67.9 Å². The van der Waals surface area contributed by atoms with Crippen LogP contribution in [0.2, 0.25) is 0 Å². The average Bonchev–Trinajstić information content (AvgIpc) is 3.37. The van der Waals surface area contributed by atoms with Gasteiger partial charge in [-0.05, 0) is 68.8 Å². The first-order valence-electron chi connectivity index (χ1n) is 13.3. The largest absolute Gasteiger partial charge is 0.416 e. The second kappa shape index (κ2) is 12.8. The molecule has 2 saturated heterocycles. The van der Waals surface area contributed by atoms with E-state index in [2.05, 4.69) is 10.6 Å². The predicted octanol–water partition coefficient (Wildman–Crippen LogP) is 6.09. The van der Waals surface area contributed by atoms with Gasteiger partial charge in [-0.3, -0.25) is 4.90 Å². The van der Waals surface area contributed by atoms with Crippen LogP contribution in [0.3, 0.4) is 0 Å². The summed E-state index contributed by atoms with van der Waals surface area (Å²) in [6.07, 6.45) is -8.75. The number of alkyl halides is 6. The lowest BCUT2D eigenvalue weighted by molar-refractivity contribution is -0.143. The molecule has 2 aliphatic rings. The van der Waals surface area contributed by atoms with Gasteiger partial charge in [-0.2, -0.15) is 26.3 Å². The van der Waals surface area contributed by atoms with Crippen molar-refractivity contribution in [1.29, 1.82) is 0 Å². The van der Waals surface area contributed by atoms with Gasteiger partial charge in [-0.25, -0.2) is 14.0 Å². The standard InChI is InChI=1S/C28H32F7N5O2.ClH/c1-26(8-10-36-11-9-26)37-24(41)40-15-22(17-4-6-20(29)7-5-17)23(16-40)39(3)25(42)38(2)21-13-18(27(30,31)32)12-19(14-21)28(33,34)35;/h4-7,12-14,22-23,36H,8-11,15-16H2,1-3H3,(H,37,41);1H/t22-,23+;/m0./s1. The molecule has 0 aliphatic carbocycles. The molecule has 0 bridgehead atoms. The van der Waals surface area contributed by atoms with E-state index >= 15 is 0 Å². The molecule has 2 aliphatic heterocycles. The molecular formula is C28H33ClF7N5O2. The minimum absolute atomic E-state index is 0. The van der Waals surface area contributed by atoms with Crippen molar-refractivity contribution in [3.63, 3.8) is 0 Å². The summed E-state index contributed by atoms with van der Waals surface area (Å²) < 4.78 is 94.3. The van der Waals surface area contributed by atoms with Crippen molar-refractivity contribution in [3.05, 3.63) is 65.0 Å². The van der Waals surface area contributed by atoms with Gasteiger partial charge < -0.3 is 20.4 Å². The van der Waals surface area contributed by atoms with Gasteiger partial charge in [0, 0.05) is 44.3 Å². The van der Waals surface area contributed by atoms with Crippen molar-refractivity contribution in [3.8, 4) is 0 Å². The van der Waals surface area contributed by atoms with Gasteiger partial charge in [-0.15, -0.1) is 12.4 Å². The van der Waals surface area contributed by atoms with E-state index in [0.717, 1.165) is 20.1 Å². The number of amides is 4. The minimum atomic E-state index is -5.08. The van der Waals surface area contributed by atoms with E-state index in [1.807, 2.05) is 6.92 Å². The number of rotatable bonds is 4. The Hall–Kier alpha value is -3.26. The Morgan fingerprint density at radius 3 is 1.98 bits per heavy atom. The first-order valence-corrected chi connectivity index (χ1v) is 13.3. The van der Waals surface area contributed by atoms with Crippen LogP contribution in [0.25, 0.3) is 0 Å². The summed E-state index contributed by atoms with van der Waals surface area (Å²) in [7, 11) is 2.45. The maximum atomic E-state index is 13.7. The maximum Gasteiger partial charge on any atom is 0.416 e. The summed E-state index contributed by atoms with van der Waals surface area (Å²) in [5.74, 6) is -0.998. The lowest BCUT2D eigenvalue weighted by Crippen LogP contribution is -2.56. The Morgan fingerprint density at radius 2 is 1.47 bits per heavy atom. The van der Waals surface area contributed by atoms with Crippen molar-refractivity contribution >= 4 is 30.2 Å². The number of benzene rings is 2. The normalized spacial score (nSPS) is 20.3. The minimum Gasteiger partial charge on any atom is -0.333 e. The number of urea groups is 2. The van der Waals surface area contributed by atoms with Crippen LogP contribution in [0.15, 0.2) is 42.5 Å². The van der Waals surface area contributed by atoms with Crippen molar-refractivity contribution in [2.75, 3.05) is 45.2 Å². The van der Waals surface area contributed by atoms with Gasteiger partial charge in [0.2, 0.25) is 0 Å². The van der Waals surface area contributed by atoms with E-state index in [4.69, 9.17) is 0 Å². The highest BCUT2D eigenvalue weighted by molar-refractivity contribution is 5.92. The lowest BCUT2D eigenvalue weighted by atomic mass is 9.91. The molecule has 2 atom stereocenters. The Kier molecular flexibility index (Phi) is 10.2. The summed E-state index contributed by atoms with van der Waals surface area (Å²) in [5, 5.41) is 6.28. The van der Waals surface area contributed by atoms with Crippen molar-refractivity contribution in [2.45, 2.75) is 49.6 Å². The van der Waals surface area contributed by atoms with Crippen molar-refractivity contribution < 1.29 is 40.3 Å². The SMILES string of the molecule is CN(C(=O)N(C)[C@@H]1CN(C(=O)NC2(C)CCNCC2)C[C@H]1c1ccc(F)cc1)c1cc(C(F)(F)F)cc(C(F)(F)F)c1.Cl. The molecular weight excluding hydrogens is 607 g/mol. The highest BCUT2D eigenvalue weighted by atomic mass is 35.5. The average molecular weight is 640 g/mol. The van der Waals surface area contributed by atoms with Gasteiger partial charge in [0.05, 0.1) is 17.2 Å². The molecule has 0 aromatic heterocycles. The van der Waals surface area contributed by atoms with Gasteiger partial charge in [0.25, 0.3) is 0 Å². The third-order valence-electron chi connectivity index (χ3n) is 8.04. The Balaban J connectivity index is 0.00000506.